The highest BCUT2D eigenvalue weighted by Gasteiger charge is 2.22. The van der Waals surface area contributed by atoms with Gasteiger partial charge in [0.25, 0.3) is 0 Å². The first-order chi connectivity index (χ1) is 19.5. The number of allylic oxidation sites excluding steroid dienone is 2. The van der Waals surface area contributed by atoms with E-state index in [1.807, 2.05) is 27.8 Å². The van der Waals surface area contributed by atoms with E-state index in [4.69, 9.17) is 4.74 Å². The fourth-order valence-electron chi connectivity index (χ4n) is 5.84. The summed E-state index contributed by atoms with van der Waals surface area (Å²) in [7, 11) is 0. The van der Waals surface area contributed by atoms with Crippen molar-refractivity contribution in [2.24, 2.45) is 11.3 Å². The molecule has 1 aliphatic rings. The number of unbranched alkanes of at least 4 members (excludes halogenated alkanes) is 8. The fraction of sp³-hybridized carbons (Fsp3) is 0.636. The first-order valence-electron chi connectivity index (χ1n) is 15.5. The third-order valence-corrected chi connectivity index (χ3v) is 8.11. The molecule has 0 bridgehead atoms. The van der Waals surface area contributed by atoms with Crippen molar-refractivity contribution in [1.82, 2.24) is 24.3 Å². The Morgan fingerprint density at radius 1 is 1.02 bits per heavy atom. The van der Waals surface area contributed by atoms with Gasteiger partial charge < -0.3 is 9.30 Å². The van der Waals surface area contributed by atoms with Crippen LogP contribution in [0.1, 0.15) is 111 Å². The standard InChI is InChI=1S/C33H48N6O/c1-33(2,3)19-13-9-7-5-4-6-8-10-14-22-40-26-38-21-18-29-31(35-25-36-32(29)38)28-23-37-39(24-28)30(17-20-34)27-15-11-12-16-27/h17-18,21,23-25,27H,4-16,19,22,26H2,1-3H3/b30-17-. The highest BCUT2D eigenvalue weighted by molar-refractivity contribution is 5.90. The molecule has 1 saturated carbocycles. The molecule has 4 rings (SSSR count). The van der Waals surface area contributed by atoms with Crippen molar-refractivity contribution in [1.29, 1.82) is 5.26 Å². The van der Waals surface area contributed by atoms with Crippen LogP contribution in [0, 0.1) is 22.7 Å². The van der Waals surface area contributed by atoms with E-state index in [0.29, 0.717) is 18.1 Å². The van der Waals surface area contributed by atoms with E-state index in [-0.39, 0.29) is 0 Å². The van der Waals surface area contributed by atoms with Crippen molar-refractivity contribution < 1.29 is 4.74 Å². The Morgan fingerprint density at radius 3 is 2.42 bits per heavy atom. The maximum Gasteiger partial charge on any atom is 0.145 e. The summed E-state index contributed by atoms with van der Waals surface area (Å²) in [5, 5.41) is 14.9. The molecule has 7 heteroatoms. The molecule has 0 aliphatic heterocycles. The van der Waals surface area contributed by atoms with Gasteiger partial charge in [0, 0.05) is 41.9 Å². The van der Waals surface area contributed by atoms with Crippen LogP contribution >= 0.6 is 0 Å². The zero-order chi connectivity index (χ0) is 28.2. The molecular weight excluding hydrogens is 496 g/mol. The van der Waals surface area contributed by atoms with Gasteiger partial charge in [0.05, 0.1) is 23.7 Å². The van der Waals surface area contributed by atoms with Crippen LogP contribution in [-0.4, -0.2) is 30.9 Å². The molecule has 7 nitrogen and oxygen atoms in total. The van der Waals surface area contributed by atoms with Crippen LogP contribution in [0.25, 0.3) is 28.0 Å². The molecule has 3 aromatic heterocycles. The van der Waals surface area contributed by atoms with Crippen LogP contribution in [0.15, 0.2) is 37.1 Å². The number of nitriles is 1. The predicted molar refractivity (Wildman–Crippen MR) is 162 cm³/mol. The molecule has 0 aromatic carbocycles. The third kappa shape index (κ3) is 8.76. The number of hydrogen-bond acceptors (Lipinski definition) is 5. The van der Waals surface area contributed by atoms with Gasteiger partial charge in [-0.25, -0.2) is 14.6 Å². The average molecular weight is 545 g/mol. The summed E-state index contributed by atoms with van der Waals surface area (Å²) in [6.07, 6.45) is 27.0. The average Bonchev–Trinajstić information content (AvgIpc) is 3.71. The Kier molecular flexibility index (Phi) is 11.3. The highest BCUT2D eigenvalue weighted by Crippen LogP contribution is 2.34. The van der Waals surface area contributed by atoms with Crippen molar-refractivity contribution in [3.63, 3.8) is 0 Å². The van der Waals surface area contributed by atoms with Crippen molar-refractivity contribution >= 4 is 16.7 Å². The smallest absolute Gasteiger partial charge is 0.145 e. The number of nitrogens with zero attached hydrogens (tertiary/aromatic N) is 6. The molecule has 216 valence electrons. The van der Waals surface area contributed by atoms with Gasteiger partial charge in [-0.05, 0) is 37.2 Å². The SMILES string of the molecule is CC(C)(C)CCCCCCCCCCCOCn1ccc2c(-c3cnn(/C(=C\C#N)C4CCCC4)c3)ncnc21. The van der Waals surface area contributed by atoms with Gasteiger partial charge in [0.2, 0.25) is 0 Å². The van der Waals surface area contributed by atoms with E-state index in [1.165, 1.54) is 70.6 Å². The van der Waals surface area contributed by atoms with E-state index >= 15 is 0 Å². The maximum atomic E-state index is 9.33. The summed E-state index contributed by atoms with van der Waals surface area (Å²) >= 11 is 0. The molecule has 0 radical (unpaired) electrons. The lowest BCUT2D eigenvalue weighted by molar-refractivity contribution is 0.0763. The Morgan fingerprint density at radius 2 is 1.73 bits per heavy atom. The molecule has 0 amide bonds. The van der Waals surface area contributed by atoms with E-state index < -0.39 is 0 Å². The molecule has 0 unspecified atom stereocenters. The Labute approximate surface area is 240 Å². The van der Waals surface area contributed by atoms with E-state index in [2.05, 4.69) is 48.0 Å². The van der Waals surface area contributed by atoms with E-state index in [1.54, 1.807) is 12.4 Å². The van der Waals surface area contributed by atoms with Crippen molar-refractivity contribution in [3.8, 4) is 17.3 Å². The zero-order valence-electron chi connectivity index (χ0n) is 24.9. The Bertz CT molecular complexity index is 1250. The molecule has 40 heavy (non-hydrogen) atoms. The second kappa shape index (κ2) is 15.1. The number of aromatic nitrogens is 5. The van der Waals surface area contributed by atoms with Crippen LogP contribution in [0.5, 0.6) is 0 Å². The summed E-state index contributed by atoms with van der Waals surface area (Å²) in [5.41, 5.74) is 4.11. The second-order valence-electron chi connectivity index (χ2n) is 12.6. The van der Waals surface area contributed by atoms with Gasteiger partial charge in [-0.3, -0.25) is 0 Å². The molecular formula is C33H48N6O. The minimum Gasteiger partial charge on any atom is -0.361 e. The number of hydrogen-bond donors (Lipinski definition) is 0. The first kappa shape index (κ1) is 30.0. The lowest BCUT2D eigenvalue weighted by atomic mass is 9.89. The number of ether oxygens (including phenoxy) is 1. The minimum atomic E-state index is 0.393. The van der Waals surface area contributed by atoms with Gasteiger partial charge >= 0.3 is 0 Å². The van der Waals surface area contributed by atoms with E-state index in [9.17, 15) is 5.26 Å². The van der Waals surface area contributed by atoms with Crippen molar-refractivity contribution in [2.45, 2.75) is 117 Å². The van der Waals surface area contributed by atoms with E-state index in [0.717, 1.165) is 53.9 Å². The predicted octanol–water partition coefficient (Wildman–Crippen LogP) is 8.77. The van der Waals surface area contributed by atoms with Crippen LogP contribution < -0.4 is 0 Å². The zero-order valence-corrected chi connectivity index (χ0v) is 24.9. The maximum absolute atomic E-state index is 9.33. The molecule has 0 spiro atoms. The van der Waals surface area contributed by atoms with Gasteiger partial charge in [-0.2, -0.15) is 10.4 Å². The highest BCUT2D eigenvalue weighted by atomic mass is 16.5. The minimum absolute atomic E-state index is 0.393. The monoisotopic (exact) mass is 544 g/mol. The first-order valence-corrected chi connectivity index (χ1v) is 15.5. The normalized spacial score (nSPS) is 14.8. The third-order valence-electron chi connectivity index (χ3n) is 8.11. The molecule has 3 heterocycles. The summed E-state index contributed by atoms with van der Waals surface area (Å²) < 4.78 is 9.90. The Hall–Kier alpha value is -2.98. The summed E-state index contributed by atoms with van der Waals surface area (Å²) in [6.45, 7) is 8.27. The summed E-state index contributed by atoms with van der Waals surface area (Å²) in [6, 6.07) is 4.27. The molecule has 0 atom stereocenters. The van der Waals surface area contributed by atoms with Crippen molar-refractivity contribution in [3.05, 3.63) is 37.1 Å². The van der Waals surface area contributed by atoms with Gasteiger partial charge in [0.1, 0.15) is 18.7 Å². The van der Waals surface area contributed by atoms with Crippen LogP contribution in [0.2, 0.25) is 0 Å². The number of fused-ring (bicyclic) bond motifs is 1. The van der Waals surface area contributed by atoms with Crippen LogP contribution in [0.4, 0.5) is 0 Å². The van der Waals surface area contributed by atoms with Gasteiger partial charge in [-0.15, -0.1) is 0 Å². The van der Waals surface area contributed by atoms with Crippen LogP contribution in [-0.2, 0) is 11.5 Å². The summed E-state index contributed by atoms with van der Waals surface area (Å²) in [4.78, 5) is 9.12. The van der Waals surface area contributed by atoms with Gasteiger partial charge in [0.15, 0.2) is 0 Å². The molecule has 0 saturated heterocycles. The second-order valence-corrected chi connectivity index (χ2v) is 12.6. The van der Waals surface area contributed by atoms with Crippen molar-refractivity contribution in [2.75, 3.05) is 6.61 Å². The quantitative estimate of drug-likeness (QED) is 0.133. The van der Waals surface area contributed by atoms with Crippen LogP contribution in [0.3, 0.4) is 0 Å². The molecule has 3 aromatic rings. The lowest BCUT2D eigenvalue weighted by Gasteiger charge is -2.17. The fourth-order valence-corrected chi connectivity index (χ4v) is 5.84. The molecule has 1 fully saturated rings. The topological polar surface area (TPSA) is 81.5 Å². The van der Waals surface area contributed by atoms with Gasteiger partial charge in [-0.1, -0.05) is 85.0 Å². The Balaban J connectivity index is 1.19. The largest absolute Gasteiger partial charge is 0.361 e. The molecule has 1 aliphatic carbocycles. The lowest BCUT2D eigenvalue weighted by Crippen LogP contribution is -2.06. The number of rotatable bonds is 16. The summed E-state index contributed by atoms with van der Waals surface area (Å²) in [5.74, 6) is 0.393. The molecule has 0 N–H and O–H groups in total.